The Bertz CT molecular complexity index is 1220. The summed E-state index contributed by atoms with van der Waals surface area (Å²) in [6.07, 6.45) is -3.61. The van der Waals surface area contributed by atoms with Crippen LogP contribution in [0.1, 0.15) is 32.4 Å². The molecule has 1 aromatic heterocycles. The van der Waals surface area contributed by atoms with Gasteiger partial charge in [0.05, 0.1) is 7.11 Å². The smallest absolute Gasteiger partial charge is 0.303 e. The zero-order valence-electron chi connectivity index (χ0n) is 19.8. The highest BCUT2D eigenvalue weighted by atomic mass is 32.1. The maximum absolute atomic E-state index is 12.0. The lowest BCUT2D eigenvalue weighted by molar-refractivity contribution is -0.165. The first-order valence-corrected chi connectivity index (χ1v) is 11.9. The number of thiophene rings is 1. The van der Waals surface area contributed by atoms with E-state index in [9.17, 15) is 14.4 Å². The minimum atomic E-state index is -0.974. The van der Waals surface area contributed by atoms with Crippen LogP contribution in [0, 0.1) is 0 Å². The van der Waals surface area contributed by atoms with Gasteiger partial charge in [0.2, 0.25) is 0 Å². The maximum Gasteiger partial charge on any atom is 0.303 e. The van der Waals surface area contributed by atoms with E-state index in [1.165, 1.54) is 27.9 Å². The number of benzene rings is 2. The minimum absolute atomic E-state index is 0.167. The summed E-state index contributed by atoms with van der Waals surface area (Å²) in [5.41, 5.74) is 1.55. The van der Waals surface area contributed by atoms with Crippen LogP contribution in [0.5, 0.6) is 5.75 Å². The van der Waals surface area contributed by atoms with Crippen molar-refractivity contribution in [3.8, 4) is 16.2 Å². The van der Waals surface area contributed by atoms with Gasteiger partial charge in [-0.2, -0.15) is 0 Å². The van der Waals surface area contributed by atoms with Crippen molar-refractivity contribution in [2.75, 3.05) is 13.7 Å². The molecule has 0 unspecified atom stereocenters. The molecule has 0 amide bonds. The summed E-state index contributed by atoms with van der Waals surface area (Å²) >= 11 is 1.65. The number of fused-ring (bicyclic) bond motifs is 1. The van der Waals surface area contributed by atoms with E-state index in [4.69, 9.17) is 23.7 Å². The van der Waals surface area contributed by atoms with Crippen molar-refractivity contribution in [3.05, 3.63) is 54.1 Å². The number of hydrogen-bond acceptors (Lipinski definition) is 9. The van der Waals surface area contributed by atoms with Crippen LogP contribution in [0.4, 0.5) is 0 Å². The Labute approximate surface area is 206 Å². The molecule has 184 valence electrons. The normalized spacial score (nSPS) is 21.5. The largest absolute Gasteiger partial charge is 0.496 e. The first-order valence-electron chi connectivity index (χ1n) is 11.1. The second-order valence-corrected chi connectivity index (χ2v) is 9.23. The molecular weight excluding hydrogens is 472 g/mol. The highest BCUT2D eigenvalue weighted by Crippen LogP contribution is 2.43. The Kier molecular flexibility index (Phi) is 7.37. The van der Waals surface area contributed by atoms with Crippen molar-refractivity contribution < 1.29 is 38.1 Å². The molecule has 0 radical (unpaired) electrons. The number of hydrogen-bond donors (Lipinski definition) is 0. The first-order chi connectivity index (χ1) is 16.8. The molecule has 3 aromatic rings. The molecule has 8 nitrogen and oxygen atoms in total. The summed E-state index contributed by atoms with van der Waals surface area (Å²) < 4.78 is 29.2. The molecule has 35 heavy (non-hydrogen) atoms. The molecule has 9 heteroatoms. The maximum atomic E-state index is 12.0. The van der Waals surface area contributed by atoms with Gasteiger partial charge in [-0.15, -0.1) is 11.3 Å². The number of rotatable bonds is 7. The van der Waals surface area contributed by atoms with E-state index in [1.54, 1.807) is 11.3 Å². The third kappa shape index (κ3) is 5.47. The molecule has 1 saturated heterocycles. The lowest BCUT2D eigenvalue weighted by atomic mass is 9.97. The number of methoxy groups -OCH3 is 1. The molecule has 1 aliphatic rings. The first kappa shape index (κ1) is 24.7. The molecule has 0 spiro atoms. The summed E-state index contributed by atoms with van der Waals surface area (Å²) in [4.78, 5) is 36.3. The molecule has 1 fully saturated rings. The molecule has 2 aromatic carbocycles. The second kappa shape index (κ2) is 10.5. The quantitative estimate of drug-likeness (QED) is 0.348. The van der Waals surface area contributed by atoms with Gasteiger partial charge in [0.1, 0.15) is 24.6 Å². The minimum Gasteiger partial charge on any atom is -0.496 e. The van der Waals surface area contributed by atoms with Crippen LogP contribution in [-0.4, -0.2) is 49.9 Å². The van der Waals surface area contributed by atoms with Crippen LogP contribution < -0.4 is 4.74 Å². The van der Waals surface area contributed by atoms with Gasteiger partial charge in [-0.05, 0) is 41.3 Å². The highest BCUT2D eigenvalue weighted by Gasteiger charge is 2.51. The van der Waals surface area contributed by atoms with Crippen molar-refractivity contribution in [3.63, 3.8) is 0 Å². The van der Waals surface area contributed by atoms with Crippen molar-refractivity contribution in [2.24, 2.45) is 0 Å². The second-order valence-electron chi connectivity index (χ2n) is 8.15. The Hall–Kier alpha value is -3.43. The molecule has 1 aliphatic heterocycles. The van der Waals surface area contributed by atoms with E-state index in [0.29, 0.717) is 11.3 Å². The van der Waals surface area contributed by atoms with Gasteiger partial charge < -0.3 is 23.7 Å². The number of esters is 3. The monoisotopic (exact) mass is 498 g/mol. The van der Waals surface area contributed by atoms with Crippen LogP contribution in [0.3, 0.4) is 0 Å². The predicted molar refractivity (Wildman–Crippen MR) is 129 cm³/mol. The fourth-order valence-electron chi connectivity index (χ4n) is 4.20. The van der Waals surface area contributed by atoms with Crippen molar-refractivity contribution >= 4 is 39.3 Å². The van der Waals surface area contributed by atoms with E-state index in [1.807, 2.05) is 30.3 Å². The van der Waals surface area contributed by atoms with Crippen LogP contribution in [0.25, 0.3) is 20.5 Å². The van der Waals surface area contributed by atoms with Crippen molar-refractivity contribution in [2.45, 2.75) is 45.2 Å². The Morgan fingerprint density at radius 2 is 1.63 bits per heavy atom. The zero-order chi connectivity index (χ0) is 25.1. The Morgan fingerprint density at radius 3 is 2.29 bits per heavy atom. The molecule has 2 heterocycles. The number of carbonyl (C=O) groups excluding carboxylic acids is 3. The fourth-order valence-corrected chi connectivity index (χ4v) is 5.26. The van der Waals surface area contributed by atoms with E-state index >= 15 is 0 Å². The molecule has 0 aliphatic carbocycles. The van der Waals surface area contributed by atoms with Gasteiger partial charge in [0.25, 0.3) is 0 Å². The van der Waals surface area contributed by atoms with Crippen LogP contribution in [0.15, 0.2) is 48.5 Å². The van der Waals surface area contributed by atoms with E-state index in [0.717, 1.165) is 20.5 Å². The average molecular weight is 499 g/mol. The van der Waals surface area contributed by atoms with Gasteiger partial charge in [-0.1, -0.05) is 18.2 Å². The molecular formula is C26H26O8S. The van der Waals surface area contributed by atoms with Crippen molar-refractivity contribution in [1.82, 2.24) is 0 Å². The molecule has 0 saturated carbocycles. The number of ether oxygens (including phenoxy) is 5. The van der Waals surface area contributed by atoms with E-state index in [-0.39, 0.29) is 6.61 Å². The predicted octanol–water partition coefficient (Wildman–Crippen LogP) is 4.44. The molecule has 0 N–H and O–H groups in total. The van der Waals surface area contributed by atoms with Crippen LogP contribution in [0.2, 0.25) is 0 Å². The van der Waals surface area contributed by atoms with Crippen LogP contribution in [-0.2, 0) is 33.3 Å². The molecule has 4 atom stereocenters. The topological polar surface area (TPSA) is 97.4 Å². The van der Waals surface area contributed by atoms with Gasteiger partial charge in [0, 0.05) is 35.9 Å². The van der Waals surface area contributed by atoms with Crippen molar-refractivity contribution in [1.29, 1.82) is 0 Å². The van der Waals surface area contributed by atoms with Gasteiger partial charge in [-0.25, -0.2) is 0 Å². The summed E-state index contributed by atoms with van der Waals surface area (Å²) in [5, 5.41) is 1.14. The molecule has 4 rings (SSSR count). The van der Waals surface area contributed by atoms with Gasteiger partial charge in [0.15, 0.2) is 12.2 Å². The third-order valence-electron chi connectivity index (χ3n) is 5.61. The van der Waals surface area contributed by atoms with E-state index < -0.39 is 42.3 Å². The standard InChI is InChI=1S/C26H26O8S/c1-14(27)31-13-21-25(32-15(2)28)26(33-16(3)29)24(34-21)19-11-18(9-10-20(19)30-4)23-12-17-7-5-6-8-22(17)35-23/h5-12,21,24-26H,13H2,1-4H3/t21-,24+,25-,26+/m1/s1. The third-order valence-corrected chi connectivity index (χ3v) is 6.78. The zero-order valence-corrected chi connectivity index (χ0v) is 20.6. The van der Waals surface area contributed by atoms with Crippen LogP contribution >= 0.6 is 11.3 Å². The highest BCUT2D eigenvalue weighted by molar-refractivity contribution is 7.22. The average Bonchev–Trinajstić information content (AvgIpc) is 3.38. The van der Waals surface area contributed by atoms with E-state index in [2.05, 4.69) is 18.2 Å². The lowest BCUT2D eigenvalue weighted by Crippen LogP contribution is -2.40. The summed E-state index contributed by atoms with van der Waals surface area (Å²) in [6, 6.07) is 15.9. The number of carbonyl (C=O) groups is 3. The summed E-state index contributed by atoms with van der Waals surface area (Å²) in [5.74, 6) is -1.12. The lowest BCUT2D eigenvalue weighted by Gasteiger charge is -2.24. The summed E-state index contributed by atoms with van der Waals surface area (Å²) in [7, 11) is 1.54. The SMILES string of the molecule is COc1ccc(-c2cc3ccccc3s2)cc1[C@@H]1O[C@H](COC(C)=O)[C@@H](OC(C)=O)[C@H]1OC(C)=O. The summed E-state index contributed by atoms with van der Waals surface area (Å²) in [6.45, 7) is 3.63. The Morgan fingerprint density at radius 1 is 0.914 bits per heavy atom. The Balaban J connectivity index is 1.76. The molecule has 0 bridgehead atoms. The van der Waals surface area contributed by atoms with Gasteiger partial charge in [-0.3, -0.25) is 14.4 Å². The fraction of sp³-hybridized carbons (Fsp3) is 0.346. The van der Waals surface area contributed by atoms with Gasteiger partial charge >= 0.3 is 17.9 Å².